The van der Waals surface area contributed by atoms with Crippen molar-refractivity contribution in [2.45, 2.75) is 19.3 Å². The third kappa shape index (κ3) is 11.8. The quantitative estimate of drug-likeness (QED) is 0.479. The van der Waals surface area contributed by atoms with Gasteiger partial charge in [0.2, 0.25) is 0 Å². The lowest BCUT2D eigenvalue weighted by Crippen LogP contribution is -2.21. The van der Waals surface area contributed by atoms with E-state index >= 15 is 0 Å². The van der Waals surface area contributed by atoms with E-state index in [1.54, 1.807) is 7.11 Å². The number of hydrogen-bond donors (Lipinski definition) is 2. The number of aliphatic hydroxyl groups excluding tert-OH is 1. The van der Waals surface area contributed by atoms with Gasteiger partial charge in [-0.2, -0.15) is 0 Å². The molecular formula is C10H23NO3. The predicted octanol–water partition coefficient (Wildman–Crippen LogP) is 0.402. The first-order valence-corrected chi connectivity index (χ1v) is 5.30. The van der Waals surface area contributed by atoms with E-state index < -0.39 is 0 Å². The lowest BCUT2D eigenvalue weighted by Gasteiger charge is -2.05. The van der Waals surface area contributed by atoms with Crippen LogP contribution in [0.15, 0.2) is 0 Å². The van der Waals surface area contributed by atoms with Crippen LogP contribution in [-0.2, 0) is 9.47 Å². The van der Waals surface area contributed by atoms with Crippen LogP contribution in [0.25, 0.3) is 0 Å². The molecule has 0 saturated carbocycles. The van der Waals surface area contributed by atoms with Gasteiger partial charge in [0, 0.05) is 20.3 Å². The summed E-state index contributed by atoms with van der Waals surface area (Å²) in [5.41, 5.74) is 0. The zero-order valence-corrected chi connectivity index (χ0v) is 9.13. The number of hydrogen-bond acceptors (Lipinski definition) is 4. The summed E-state index contributed by atoms with van der Waals surface area (Å²) in [6, 6.07) is 0. The summed E-state index contributed by atoms with van der Waals surface area (Å²) in [5, 5.41) is 11.8. The Balaban J connectivity index is 2.78. The SMILES string of the molecule is COCCOCCNCCCCCO. The molecule has 0 fully saturated rings. The van der Waals surface area contributed by atoms with E-state index in [-0.39, 0.29) is 0 Å². The van der Waals surface area contributed by atoms with Crippen LogP contribution >= 0.6 is 0 Å². The Labute approximate surface area is 86.6 Å². The summed E-state index contributed by atoms with van der Waals surface area (Å²) < 4.78 is 10.1. The van der Waals surface area contributed by atoms with Crippen LogP contribution in [0.2, 0.25) is 0 Å². The second kappa shape index (κ2) is 12.8. The Kier molecular flexibility index (Phi) is 12.7. The normalized spacial score (nSPS) is 10.7. The van der Waals surface area contributed by atoms with Gasteiger partial charge in [-0.3, -0.25) is 0 Å². The minimum Gasteiger partial charge on any atom is -0.396 e. The number of unbranched alkanes of at least 4 members (excludes halogenated alkanes) is 2. The van der Waals surface area contributed by atoms with Crippen molar-refractivity contribution in [3.05, 3.63) is 0 Å². The van der Waals surface area contributed by atoms with Crippen molar-refractivity contribution in [1.29, 1.82) is 0 Å². The van der Waals surface area contributed by atoms with E-state index in [1.807, 2.05) is 0 Å². The molecule has 0 aliphatic rings. The Morgan fingerprint density at radius 1 is 1.00 bits per heavy atom. The zero-order chi connectivity index (χ0) is 10.5. The van der Waals surface area contributed by atoms with Crippen LogP contribution < -0.4 is 5.32 Å². The maximum absolute atomic E-state index is 8.54. The Hall–Kier alpha value is -0.160. The predicted molar refractivity (Wildman–Crippen MR) is 56.5 cm³/mol. The van der Waals surface area contributed by atoms with Crippen molar-refractivity contribution < 1.29 is 14.6 Å². The van der Waals surface area contributed by atoms with Crippen molar-refractivity contribution >= 4 is 0 Å². The summed E-state index contributed by atoms with van der Waals surface area (Å²) in [7, 11) is 1.67. The summed E-state index contributed by atoms with van der Waals surface area (Å²) in [6.07, 6.45) is 3.12. The van der Waals surface area contributed by atoms with Gasteiger partial charge in [-0.15, -0.1) is 0 Å². The van der Waals surface area contributed by atoms with E-state index in [0.29, 0.717) is 19.8 Å². The Morgan fingerprint density at radius 3 is 2.57 bits per heavy atom. The molecule has 0 spiro atoms. The molecule has 4 heteroatoms. The van der Waals surface area contributed by atoms with Crippen molar-refractivity contribution in [3.63, 3.8) is 0 Å². The number of rotatable bonds is 11. The first kappa shape index (κ1) is 13.8. The molecule has 0 aromatic rings. The molecular weight excluding hydrogens is 182 g/mol. The average Bonchev–Trinajstić information content (AvgIpc) is 2.21. The summed E-state index contributed by atoms with van der Waals surface area (Å²) in [4.78, 5) is 0. The third-order valence-corrected chi connectivity index (χ3v) is 1.87. The first-order chi connectivity index (χ1) is 6.91. The van der Waals surface area contributed by atoms with E-state index in [4.69, 9.17) is 14.6 Å². The molecule has 0 heterocycles. The highest BCUT2D eigenvalue weighted by Gasteiger charge is 1.90. The molecule has 0 aliphatic carbocycles. The molecule has 14 heavy (non-hydrogen) atoms. The van der Waals surface area contributed by atoms with E-state index in [9.17, 15) is 0 Å². The Bertz CT molecular complexity index is 89.4. The van der Waals surface area contributed by atoms with Gasteiger partial charge >= 0.3 is 0 Å². The van der Waals surface area contributed by atoms with Gasteiger partial charge in [-0.1, -0.05) is 0 Å². The fourth-order valence-electron chi connectivity index (χ4n) is 1.05. The van der Waals surface area contributed by atoms with Crippen molar-refractivity contribution in [3.8, 4) is 0 Å². The number of methoxy groups -OCH3 is 1. The lowest BCUT2D eigenvalue weighted by atomic mass is 10.2. The van der Waals surface area contributed by atoms with Gasteiger partial charge in [0.1, 0.15) is 0 Å². The standard InChI is InChI=1S/C10H23NO3/c1-13-9-10-14-8-6-11-5-3-2-4-7-12/h11-12H,2-10H2,1H3. The summed E-state index contributed by atoms with van der Waals surface area (Å²) in [6.45, 7) is 4.28. The minimum atomic E-state index is 0.306. The molecule has 0 rings (SSSR count). The number of nitrogens with one attached hydrogen (secondary N) is 1. The van der Waals surface area contributed by atoms with Crippen molar-refractivity contribution in [2.24, 2.45) is 0 Å². The van der Waals surface area contributed by atoms with Crippen LogP contribution in [-0.4, -0.2) is 51.7 Å². The highest BCUT2D eigenvalue weighted by atomic mass is 16.5. The third-order valence-electron chi connectivity index (χ3n) is 1.87. The van der Waals surface area contributed by atoms with E-state index in [1.165, 1.54) is 0 Å². The van der Waals surface area contributed by atoms with Gasteiger partial charge in [0.05, 0.1) is 19.8 Å². The van der Waals surface area contributed by atoms with Crippen LogP contribution in [0.1, 0.15) is 19.3 Å². The molecule has 0 bridgehead atoms. The highest BCUT2D eigenvalue weighted by molar-refractivity contribution is 4.47. The summed E-state index contributed by atoms with van der Waals surface area (Å²) in [5.74, 6) is 0. The monoisotopic (exact) mass is 205 g/mol. The fraction of sp³-hybridized carbons (Fsp3) is 1.00. The van der Waals surface area contributed by atoms with Gasteiger partial charge in [0.15, 0.2) is 0 Å². The molecule has 0 unspecified atom stereocenters. The molecule has 0 aromatic heterocycles. The number of aliphatic hydroxyl groups is 1. The van der Waals surface area contributed by atoms with Gasteiger partial charge in [-0.25, -0.2) is 0 Å². The molecule has 0 atom stereocenters. The largest absolute Gasteiger partial charge is 0.396 e. The first-order valence-electron chi connectivity index (χ1n) is 5.30. The highest BCUT2D eigenvalue weighted by Crippen LogP contribution is 1.91. The second-order valence-corrected chi connectivity index (χ2v) is 3.14. The van der Waals surface area contributed by atoms with E-state index in [0.717, 1.165) is 39.0 Å². The smallest absolute Gasteiger partial charge is 0.0700 e. The molecule has 86 valence electrons. The maximum Gasteiger partial charge on any atom is 0.0700 e. The van der Waals surface area contributed by atoms with E-state index in [2.05, 4.69) is 5.32 Å². The molecule has 2 N–H and O–H groups in total. The minimum absolute atomic E-state index is 0.306. The van der Waals surface area contributed by atoms with Crippen LogP contribution in [0.5, 0.6) is 0 Å². The topological polar surface area (TPSA) is 50.7 Å². The summed E-state index contributed by atoms with van der Waals surface area (Å²) >= 11 is 0. The molecule has 0 saturated heterocycles. The van der Waals surface area contributed by atoms with Crippen LogP contribution in [0.3, 0.4) is 0 Å². The fourth-order valence-corrected chi connectivity index (χ4v) is 1.05. The van der Waals surface area contributed by atoms with Crippen LogP contribution in [0, 0.1) is 0 Å². The molecule has 0 aromatic carbocycles. The maximum atomic E-state index is 8.54. The molecule has 0 amide bonds. The van der Waals surface area contributed by atoms with Crippen LogP contribution in [0.4, 0.5) is 0 Å². The lowest BCUT2D eigenvalue weighted by molar-refractivity contribution is 0.0720. The van der Waals surface area contributed by atoms with Gasteiger partial charge < -0.3 is 19.9 Å². The van der Waals surface area contributed by atoms with Crippen molar-refractivity contribution in [2.75, 3.05) is 46.6 Å². The zero-order valence-electron chi connectivity index (χ0n) is 9.13. The molecule has 4 nitrogen and oxygen atoms in total. The van der Waals surface area contributed by atoms with Gasteiger partial charge in [-0.05, 0) is 25.8 Å². The Morgan fingerprint density at radius 2 is 1.86 bits per heavy atom. The van der Waals surface area contributed by atoms with Gasteiger partial charge in [0.25, 0.3) is 0 Å². The second-order valence-electron chi connectivity index (χ2n) is 3.14. The van der Waals surface area contributed by atoms with Crippen molar-refractivity contribution in [1.82, 2.24) is 5.32 Å². The molecule has 0 aliphatic heterocycles. The number of ether oxygens (including phenoxy) is 2. The average molecular weight is 205 g/mol. The molecule has 0 radical (unpaired) electrons.